The lowest BCUT2D eigenvalue weighted by molar-refractivity contribution is -0.131. The van der Waals surface area contributed by atoms with E-state index in [4.69, 9.17) is 14.6 Å². The number of benzene rings is 2. The second-order valence-electron chi connectivity index (χ2n) is 4.89. The Morgan fingerprint density at radius 1 is 1.09 bits per heavy atom. The maximum atomic E-state index is 10.6. The van der Waals surface area contributed by atoms with Gasteiger partial charge in [-0.3, -0.25) is 0 Å². The summed E-state index contributed by atoms with van der Waals surface area (Å²) >= 11 is 0. The van der Waals surface area contributed by atoms with Gasteiger partial charge in [-0.2, -0.15) is 0 Å². The summed E-state index contributed by atoms with van der Waals surface area (Å²) in [5, 5.41) is 8.68. The van der Waals surface area contributed by atoms with Gasteiger partial charge in [0.2, 0.25) is 0 Å². The molecule has 2 rings (SSSR count). The number of carboxylic acids is 1. The fraction of sp³-hybridized carbons (Fsp3) is 0.211. The highest BCUT2D eigenvalue weighted by molar-refractivity contribution is 5.85. The van der Waals surface area contributed by atoms with Gasteiger partial charge in [0.15, 0.2) is 11.5 Å². The molecule has 0 aliphatic carbocycles. The Kier molecular flexibility index (Phi) is 6.24. The maximum Gasteiger partial charge on any atom is 0.328 e. The molecule has 0 atom stereocenters. The quantitative estimate of drug-likeness (QED) is 0.753. The lowest BCUT2D eigenvalue weighted by Crippen LogP contribution is -2.03. The minimum Gasteiger partial charge on any atom is -0.490 e. The van der Waals surface area contributed by atoms with E-state index in [1.165, 1.54) is 11.6 Å². The van der Waals surface area contributed by atoms with Crippen molar-refractivity contribution in [1.82, 2.24) is 0 Å². The van der Waals surface area contributed by atoms with Crippen molar-refractivity contribution in [2.24, 2.45) is 0 Å². The van der Waals surface area contributed by atoms with Crippen LogP contribution in [0.1, 0.15) is 18.1 Å². The van der Waals surface area contributed by atoms with E-state index in [9.17, 15) is 4.79 Å². The summed E-state index contributed by atoms with van der Waals surface area (Å²) in [5.74, 6) is 0.300. The zero-order valence-electron chi connectivity index (χ0n) is 13.1. The number of carboxylic acid groups (broad SMARTS) is 1. The Bertz CT molecular complexity index is 662. The first-order chi connectivity index (χ1) is 11.2. The van der Waals surface area contributed by atoms with Crippen molar-refractivity contribution in [3.05, 3.63) is 65.7 Å². The van der Waals surface area contributed by atoms with E-state index < -0.39 is 5.97 Å². The summed E-state index contributed by atoms with van der Waals surface area (Å²) in [4.78, 5) is 10.6. The monoisotopic (exact) mass is 312 g/mol. The highest BCUT2D eigenvalue weighted by Gasteiger charge is 2.06. The second kappa shape index (κ2) is 8.63. The molecule has 0 aromatic heterocycles. The highest BCUT2D eigenvalue weighted by Crippen LogP contribution is 2.29. The first-order valence-electron chi connectivity index (χ1n) is 7.53. The average molecular weight is 312 g/mol. The van der Waals surface area contributed by atoms with Gasteiger partial charge in [0, 0.05) is 12.5 Å². The van der Waals surface area contributed by atoms with Crippen molar-refractivity contribution in [3.8, 4) is 11.5 Å². The lowest BCUT2D eigenvalue weighted by Gasteiger charge is -2.12. The highest BCUT2D eigenvalue weighted by atomic mass is 16.5. The molecule has 120 valence electrons. The second-order valence-corrected chi connectivity index (χ2v) is 4.89. The molecule has 0 saturated heterocycles. The van der Waals surface area contributed by atoms with E-state index in [2.05, 4.69) is 12.1 Å². The van der Waals surface area contributed by atoms with Crippen LogP contribution >= 0.6 is 0 Å². The van der Waals surface area contributed by atoms with Gasteiger partial charge >= 0.3 is 5.97 Å². The third-order valence-electron chi connectivity index (χ3n) is 3.18. The van der Waals surface area contributed by atoms with Crippen LogP contribution in [0.4, 0.5) is 0 Å². The van der Waals surface area contributed by atoms with Gasteiger partial charge in [-0.1, -0.05) is 36.4 Å². The van der Waals surface area contributed by atoms with Crippen LogP contribution in [0, 0.1) is 0 Å². The largest absolute Gasteiger partial charge is 0.490 e. The van der Waals surface area contributed by atoms with E-state index >= 15 is 0 Å². The molecule has 0 aliphatic rings. The minimum atomic E-state index is -0.980. The SMILES string of the molecule is CCOc1cc(/C=C/C(=O)O)ccc1OCCc1ccccc1. The average Bonchev–Trinajstić information content (AvgIpc) is 2.56. The van der Waals surface area contributed by atoms with Crippen LogP contribution in [0.3, 0.4) is 0 Å². The molecule has 0 bridgehead atoms. The van der Waals surface area contributed by atoms with Crippen molar-refractivity contribution in [1.29, 1.82) is 0 Å². The molecule has 0 aliphatic heterocycles. The number of rotatable bonds is 8. The molecule has 4 nitrogen and oxygen atoms in total. The molecular formula is C19H20O4. The summed E-state index contributed by atoms with van der Waals surface area (Å²) < 4.78 is 11.4. The van der Waals surface area contributed by atoms with E-state index in [1.807, 2.05) is 25.1 Å². The Labute approximate surface area is 136 Å². The predicted molar refractivity (Wildman–Crippen MR) is 89.9 cm³/mol. The Morgan fingerprint density at radius 2 is 1.87 bits per heavy atom. The number of hydrogen-bond acceptors (Lipinski definition) is 3. The van der Waals surface area contributed by atoms with Gasteiger partial charge in [0.25, 0.3) is 0 Å². The topological polar surface area (TPSA) is 55.8 Å². The van der Waals surface area contributed by atoms with Gasteiger partial charge in [-0.25, -0.2) is 4.79 Å². The molecule has 23 heavy (non-hydrogen) atoms. The molecule has 0 radical (unpaired) electrons. The first-order valence-corrected chi connectivity index (χ1v) is 7.53. The third-order valence-corrected chi connectivity index (χ3v) is 3.18. The normalized spacial score (nSPS) is 10.7. The minimum absolute atomic E-state index is 0.515. The van der Waals surface area contributed by atoms with Crippen LogP contribution in [0.25, 0.3) is 6.08 Å². The standard InChI is InChI=1S/C19H20O4/c1-2-22-18-14-16(9-11-19(20)21)8-10-17(18)23-13-12-15-6-4-3-5-7-15/h3-11,14H,2,12-13H2,1H3,(H,20,21)/b11-9+. The van der Waals surface area contributed by atoms with Crippen molar-refractivity contribution in [2.75, 3.05) is 13.2 Å². The van der Waals surface area contributed by atoms with E-state index in [0.717, 1.165) is 18.1 Å². The molecule has 0 saturated carbocycles. The van der Waals surface area contributed by atoms with Gasteiger partial charge < -0.3 is 14.6 Å². The predicted octanol–water partition coefficient (Wildman–Crippen LogP) is 3.80. The smallest absolute Gasteiger partial charge is 0.328 e. The summed E-state index contributed by atoms with van der Waals surface area (Å²) in [6.45, 7) is 2.96. The molecule has 0 amide bonds. The van der Waals surface area contributed by atoms with Gasteiger partial charge in [0.1, 0.15) is 0 Å². The van der Waals surface area contributed by atoms with Gasteiger partial charge in [-0.15, -0.1) is 0 Å². The van der Waals surface area contributed by atoms with Crippen LogP contribution in [0.5, 0.6) is 11.5 Å². The Hall–Kier alpha value is -2.75. The summed E-state index contributed by atoms with van der Waals surface area (Å²) in [5.41, 5.74) is 1.97. The maximum absolute atomic E-state index is 10.6. The van der Waals surface area contributed by atoms with Crippen molar-refractivity contribution in [2.45, 2.75) is 13.3 Å². The Morgan fingerprint density at radius 3 is 2.57 bits per heavy atom. The molecule has 4 heteroatoms. The van der Waals surface area contributed by atoms with Crippen molar-refractivity contribution < 1.29 is 19.4 Å². The summed E-state index contributed by atoms with van der Waals surface area (Å²) in [7, 11) is 0. The molecular weight excluding hydrogens is 292 g/mol. The van der Waals surface area contributed by atoms with E-state index in [0.29, 0.717) is 24.7 Å². The molecule has 0 unspecified atom stereocenters. The van der Waals surface area contributed by atoms with E-state index in [-0.39, 0.29) is 0 Å². The van der Waals surface area contributed by atoms with E-state index in [1.54, 1.807) is 18.2 Å². The summed E-state index contributed by atoms with van der Waals surface area (Å²) in [6.07, 6.45) is 3.44. The first kappa shape index (κ1) is 16.6. The van der Waals surface area contributed by atoms with Crippen molar-refractivity contribution >= 4 is 12.0 Å². The summed E-state index contributed by atoms with van der Waals surface area (Å²) in [6, 6.07) is 15.5. The number of carbonyl (C=O) groups is 1. The number of ether oxygens (including phenoxy) is 2. The van der Waals surface area contributed by atoms with Crippen LogP contribution in [-0.2, 0) is 11.2 Å². The molecule has 0 spiro atoms. The molecule has 0 heterocycles. The zero-order valence-corrected chi connectivity index (χ0v) is 13.1. The molecule has 0 fully saturated rings. The van der Waals surface area contributed by atoms with Gasteiger partial charge in [0.05, 0.1) is 13.2 Å². The molecule has 2 aromatic rings. The van der Waals surface area contributed by atoms with Crippen molar-refractivity contribution in [3.63, 3.8) is 0 Å². The van der Waals surface area contributed by atoms with Gasteiger partial charge in [-0.05, 0) is 36.3 Å². The fourth-order valence-corrected chi connectivity index (χ4v) is 2.11. The van der Waals surface area contributed by atoms with Crippen LogP contribution in [0.2, 0.25) is 0 Å². The lowest BCUT2D eigenvalue weighted by atomic mass is 10.1. The Balaban J connectivity index is 2.03. The number of aliphatic carboxylic acids is 1. The fourth-order valence-electron chi connectivity index (χ4n) is 2.11. The van der Waals surface area contributed by atoms with Crippen LogP contribution in [-0.4, -0.2) is 24.3 Å². The zero-order chi connectivity index (χ0) is 16.5. The van der Waals surface area contributed by atoms with Crippen LogP contribution in [0.15, 0.2) is 54.6 Å². The molecule has 1 N–H and O–H groups in total. The third kappa shape index (κ3) is 5.51. The molecule has 2 aromatic carbocycles. The number of hydrogen-bond donors (Lipinski definition) is 1. The van der Waals surface area contributed by atoms with Crippen LogP contribution < -0.4 is 9.47 Å².